The largest absolute Gasteiger partial charge is 0.472 e. The minimum absolute atomic E-state index is 0.164. The number of carbonyl (C=O) groups is 3. The van der Waals surface area contributed by atoms with Crippen LogP contribution in [0.1, 0.15) is 265 Å². The summed E-state index contributed by atoms with van der Waals surface area (Å²) in [5, 5.41) is 9.77. The van der Waals surface area contributed by atoms with Crippen molar-refractivity contribution in [2.75, 3.05) is 26.4 Å². The molecule has 0 aliphatic rings. The van der Waals surface area contributed by atoms with Gasteiger partial charge < -0.3 is 24.2 Å². The molecule has 0 aromatic carbocycles. The summed E-state index contributed by atoms with van der Waals surface area (Å²) in [6.45, 7) is 4.50. The molecule has 3 unspecified atom stereocenters. The number of phosphoric ester groups is 1. The molecule has 0 saturated heterocycles. The Balaban J connectivity index is 4.74. The van der Waals surface area contributed by atoms with Crippen molar-refractivity contribution in [3.8, 4) is 0 Å². The SMILES string of the molecule is CC/C=C\C/C=C\C/C=C\C/C=C\C/C=C\CCCCCC(=O)OCC(COP(=O)(O)OCC(CO)OC(=O)CCCCCCCCCCC)OC(=O)CCCCCCCCCCCCCCCCCCC. The van der Waals surface area contributed by atoms with Crippen molar-refractivity contribution in [2.45, 2.75) is 277 Å². The molecule has 0 radical (unpaired) electrons. The number of esters is 3. The van der Waals surface area contributed by atoms with Crippen molar-refractivity contribution >= 4 is 25.7 Å². The first kappa shape index (κ1) is 69.2. The van der Waals surface area contributed by atoms with Gasteiger partial charge in [0.25, 0.3) is 0 Å². The lowest BCUT2D eigenvalue weighted by atomic mass is 10.0. The summed E-state index contributed by atoms with van der Waals surface area (Å²) in [5.41, 5.74) is 0. The minimum Gasteiger partial charge on any atom is -0.462 e. The molecular formula is C60H107O11P. The van der Waals surface area contributed by atoms with E-state index in [1.54, 1.807) is 0 Å². The summed E-state index contributed by atoms with van der Waals surface area (Å²) in [4.78, 5) is 48.5. The molecule has 0 bridgehead atoms. The van der Waals surface area contributed by atoms with Gasteiger partial charge in [-0.1, -0.05) is 242 Å². The Morgan fingerprint density at radius 1 is 0.403 bits per heavy atom. The molecule has 0 rings (SSSR count). The Morgan fingerprint density at radius 3 is 1.11 bits per heavy atom. The Hall–Kier alpha value is -2.82. The summed E-state index contributed by atoms with van der Waals surface area (Å²) in [6.07, 6.45) is 59.0. The van der Waals surface area contributed by atoms with Crippen LogP contribution in [0.3, 0.4) is 0 Å². The summed E-state index contributed by atoms with van der Waals surface area (Å²) < 4.78 is 39.4. The maximum absolute atomic E-state index is 12.9. The third kappa shape index (κ3) is 52.1. The second kappa shape index (κ2) is 54.4. The number of phosphoric acid groups is 1. The Morgan fingerprint density at radius 2 is 0.722 bits per heavy atom. The predicted octanol–water partition coefficient (Wildman–Crippen LogP) is 17.1. The molecule has 3 atom stereocenters. The van der Waals surface area contributed by atoms with Crippen LogP contribution in [0.15, 0.2) is 60.8 Å². The van der Waals surface area contributed by atoms with Crippen LogP contribution in [0.25, 0.3) is 0 Å². The lowest BCUT2D eigenvalue weighted by molar-refractivity contribution is -0.161. The maximum atomic E-state index is 12.9. The van der Waals surface area contributed by atoms with Crippen molar-refractivity contribution in [3.63, 3.8) is 0 Å². The van der Waals surface area contributed by atoms with Crippen molar-refractivity contribution in [1.29, 1.82) is 0 Å². The van der Waals surface area contributed by atoms with E-state index in [1.165, 1.54) is 116 Å². The smallest absolute Gasteiger partial charge is 0.462 e. The van der Waals surface area contributed by atoms with E-state index in [0.29, 0.717) is 19.3 Å². The van der Waals surface area contributed by atoms with E-state index in [4.69, 9.17) is 23.3 Å². The molecular weight excluding hydrogens is 928 g/mol. The van der Waals surface area contributed by atoms with Gasteiger partial charge in [0.15, 0.2) is 6.10 Å². The van der Waals surface area contributed by atoms with Crippen LogP contribution >= 0.6 is 7.82 Å². The zero-order chi connectivity index (χ0) is 52.7. The molecule has 12 heteroatoms. The highest BCUT2D eigenvalue weighted by Gasteiger charge is 2.28. The summed E-state index contributed by atoms with van der Waals surface area (Å²) in [5.74, 6) is -1.49. The first-order valence-corrected chi connectivity index (χ1v) is 30.7. The minimum atomic E-state index is -4.75. The molecule has 11 nitrogen and oxygen atoms in total. The Labute approximate surface area is 440 Å². The van der Waals surface area contributed by atoms with Gasteiger partial charge in [-0.3, -0.25) is 23.4 Å². The van der Waals surface area contributed by atoms with E-state index in [1.807, 2.05) is 0 Å². The topological polar surface area (TPSA) is 155 Å². The maximum Gasteiger partial charge on any atom is 0.472 e. The zero-order valence-corrected chi connectivity index (χ0v) is 47.0. The van der Waals surface area contributed by atoms with Crippen molar-refractivity contribution in [1.82, 2.24) is 0 Å². The summed E-state index contributed by atoms with van der Waals surface area (Å²) in [7, 11) is -4.75. The lowest BCUT2D eigenvalue weighted by Gasteiger charge is -2.21. The van der Waals surface area contributed by atoms with Crippen LogP contribution in [0, 0.1) is 0 Å². The molecule has 0 spiro atoms. The van der Waals surface area contributed by atoms with E-state index >= 15 is 0 Å². The normalized spacial score (nSPS) is 13.8. The van der Waals surface area contributed by atoms with Gasteiger partial charge in [-0.2, -0.15) is 0 Å². The molecule has 0 saturated carbocycles. The van der Waals surface area contributed by atoms with Crippen molar-refractivity contribution in [2.24, 2.45) is 0 Å². The second-order valence-corrected chi connectivity index (χ2v) is 20.9. The lowest BCUT2D eigenvalue weighted by Crippen LogP contribution is -2.30. The molecule has 2 N–H and O–H groups in total. The molecule has 0 fully saturated rings. The van der Waals surface area contributed by atoms with Crippen molar-refractivity contribution in [3.05, 3.63) is 60.8 Å². The number of carbonyl (C=O) groups excluding carboxylic acids is 3. The fraction of sp³-hybridized carbons (Fsp3) is 0.783. The van der Waals surface area contributed by atoms with Gasteiger partial charge in [0.1, 0.15) is 12.7 Å². The standard InChI is InChI=1S/C60H107O11P/c1-4-7-10-13-16-19-21-23-25-27-28-30-31-33-35-38-40-43-46-49-58(62)67-53-57(71-60(64)51-48-45-42-39-36-34-32-29-26-24-22-20-17-14-11-8-5-2)55-69-72(65,66)68-54-56(52-61)70-59(63)50-47-44-41-37-18-15-12-9-6-3/h7,10,16,19,23,25,28,30,33,35,56-57,61H,4-6,8-9,11-15,17-18,20-22,24,26-27,29,31-32,34,36-55H2,1-3H3,(H,65,66)/b10-7-,19-16-,25-23-,30-28-,35-33-. The molecule has 0 aliphatic heterocycles. The highest BCUT2D eigenvalue weighted by Crippen LogP contribution is 2.43. The van der Waals surface area contributed by atoms with Gasteiger partial charge in [0, 0.05) is 19.3 Å². The fourth-order valence-corrected chi connectivity index (χ4v) is 8.81. The number of aliphatic hydroxyl groups is 1. The molecule has 0 aromatic heterocycles. The molecule has 0 heterocycles. The van der Waals surface area contributed by atoms with Crippen LogP contribution in [-0.4, -0.2) is 66.5 Å². The van der Waals surface area contributed by atoms with E-state index in [9.17, 15) is 28.9 Å². The number of aliphatic hydroxyl groups excluding tert-OH is 1. The zero-order valence-electron chi connectivity index (χ0n) is 46.1. The average Bonchev–Trinajstić information content (AvgIpc) is 3.37. The van der Waals surface area contributed by atoms with E-state index in [-0.39, 0.29) is 25.9 Å². The predicted molar refractivity (Wildman–Crippen MR) is 298 cm³/mol. The number of rotatable bonds is 54. The quantitative estimate of drug-likeness (QED) is 0.0197. The fourth-order valence-electron chi connectivity index (χ4n) is 8.03. The van der Waals surface area contributed by atoms with Crippen LogP contribution in [0.2, 0.25) is 0 Å². The van der Waals surface area contributed by atoms with Gasteiger partial charge in [-0.05, 0) is 64.2 Å². The van der Waals surface area contributed by atoms with Gasteiger partial charge in [0.2, 0.25) is 0 Å². The van der Waals surface area contributed by atoms with Gasteiger partial charge in [0.05, 0.1) is 19.8 Å². The highest BCUT2D eigenvalue weighted by atomic mass is 31.2. The van der Waals surface area contributed by atoms with Gasteiger partial charge >= 0.3 is 25.7 Å². The van der Waals surface area contributed by atoms with Crippen LogP contribution < -0.4 is 0 Å². The number of hydrogen-bond acceptors (Lipinski definition) is 10. The molecule has 0 aliphatic carbocycles. The van der Waals surface area contributed by atoms with E-state index < -0.39 is 57.8 Å². The number of unbranched alkanes of at least 4 members (excludes halogenated alkanes) is 27. The summed E-state index contributed by atoms with van der Waals surface area (Å²) in [6, 6.07) is 0. The number of allylic oxidation sites excluding steroid dienone is 10. The van der Waals surface area contributed by atoms with E-state index in [0.717, 1.165) is 89.9 Å². The first-order chi connectivity index (χ1) is 35.2. The van der Waals surface area contributed by atoms with Crippen LogP contribution in [-0.2, 0) is 42.2 Å². The van der Waals surface area contributed by atoms with Crippen molar-refractivity contribution < 1.29 is 52.2 Å². The van der Waals surface area contributed by atoms with Crippen LogP contribution in [0.4, 0.5) is 0 Å². The van der Waals surface area contributed by atoms with Crippen LogP contribution in [0.5, 0.6) is 0 Å². The highest BCUT2D eigenvalue weighted by molar-refractivity contribution is 7.47. The molecule has 0 aromatic rings. The molecule has 0 amide bonds. The second-order valence-electron chi connectivity index (χ2n) is 19.4. The Bertz CT molecular complexity index is 1440. The number of ether oxygens (including phenoxy) is 3. The average molecular weight is 1040 g/mol. The third-order valence-corrected chi connectivity index (χ3v) is 13.4. The summed E-state index contributed by atoms with van der Waals surface area (Å²) >= 11 is 0. The Kier molecular flexibility index (Phi) is 52.3. The van der Waals surface area contributed by atoms with E-state index in [2.05, 4.69) is 81.5 Å². The van der Waals surface area contributed by atoms with Gasteiger partial charge in [-0.15, -0.1) is 0 Å². The molecule has 418 valence electrons. The first-order valence-electron chi connectivity index (χ1n) is 29.2. The number of hydrogen-bond donors (Lipinski definition) is 2. The monoisotopic (exact) mass is 1030 g/mol. The third-order valence-electron chi connectivity index (χ3n) is 12.5. The van der Waals surface area contributed by atoms with Gasteiger partial charge in [-0.25, -0.2) is 4.57 Å². The molecule has 72 heavy (non-hydrogen) atoms.